The summed E-state index contributed by atoms with van der Waals surface area (Å²) in [6, 6.07) is 4.82. The lowest BCUT2D eigenvalue weighted by Gasteiger charge is -2.44. The van der Waals surface area contributed by atoms with Crippen LogP contribution in [0.3, 0.4) is 0 Å². The Bertz CT molecular complexity index is 355. The average molecular weight is 281 g/mol. The summed E-state index contributed by atoms with van der Waals surface area (Å²) in [6.45, 7) is 5.56. The summed E-state index contributed by atoms with van der Waals surface area (Å²) in [6.07, 6.45) is 6.05. The fourth-order valence-electron chi connectivity index (χ4n) is 3.27. The van der Waals surface area contributed by atoms with Crippen molar-refractivity contribution in [1.29, 1.82) is 0 Å². The molecule has 1 saturated carbocycles. The highest BCUT2D eigenvalue weighted by Gasteiger charge is 2.41. The summed E-state index contributed by atoms with van der Waals surface area (Å²) in [5.41, 5.74) is 0.0342. The van der Waals surface area contributed by atoms with Crippen molar-refractivity contribution in [3.8, 4) is 0 Å². The minimum Gasteiger partial charge on any atom is -0.377 e. The van der Waals surface area contributed by atoms with E-state index in [9.17, 15) is 0 Å². The van der Waals surface area contributed by atoms with E-state index in [1.54, 1.807) is 0 Å². The van der Waals surface area contributed by atoms with Crippen molar-refractivity contribution < 1.29 is 4.74 Å². The Kier molecular flexibility index (Phi) is 5.43. The standard InChI is InChI=1S/C16H27NOS/c1-4-17-15(12-14-6-5-11-19-14)16(18-3)9-7-13(2)8-10-16/h5-6,11,13,15,17H,4,7-10,12H2,1-3H3. The molecular formula is C16H27NOS. The predicted octanol–water partition coefficient (Wildman–Crippen LogP) is 3.86. The Labute approximate surface area is 121 Å². The first-order valence-electron chi connectivity index (χ1n) is 7.51. The molecule has 2 nitrogen and oxygen atoms in total. The minimum absolute atomic E-state index is 0.0342. The van der Waals surface area contributed by atoms with Crippen LogP contribution in [0, 0.1) is 5.92 Å². The van der Waals surface area contributed by atoms with Gasteiger partial charge in [0.05, 0.1) is 5.60 Å². The highest BCUT2D eigenvalue weighted by molar-refractivity contribution is 7.09. The van der Waals surface area contributed by atoms with Crippen LogP contribution in [0.2, 0.25) is 0 Å². The summed E-state index contributed by atoms with van der Waals surface area (Å²) in [5.74, 6) is 0.854. The highest BCUT2D eigenvalue weighted by Crippen LogP contribution is 2.38. The van der Waals surface area contributed by atoms with Crippen LogP contribution in [0.4, 0.5) is 0 Å². The third-order valence-corrected chi connectivity index (χ3v) is 5.50. The zero-order valence-corrected chi connectivity index (χ0v) is 13.3. The summed E-state index contributed by atoms with van der Waals surface area (Å²) < 4.78 is 6.03. The lowest BCUT2D eigenvalue weighted by atomic mass is 9.74. The second kappa shape index (κ2) is 6.87. The van der Waals surface area contributed by atoms with Crippen molar-refractivity contribution in [2.45, 2.75) is 57.6 Å². The molecule has 0 saturated heterocycles. The van der Waals surface area contributed by atoms with Gasteiger partial charge in [0.15, 0.2) is 0 Å². The molecule has 0 aromatic carbocycles. The van der Waals surface area contributed by atoms with Crippen molar-refractivity contribution in [2.24, 2.45) is 5.92 Å². The monoisotopic (exact) mass is 281 g/mol. The Morgan fingerprint density at radius 3 is 2.74 bits per heavy atom. The fourth-order valence-corrected chi connectivity index (χ4v) is 4.02. The summed E-state index contributed by atoms with van der Waals surface area (Å²) in [5, 5.41) is 5.85. The average Bonchev–Trinajstić information content (AvgIpc) is 2.93. The zero-order chi connectivity index (χ0) is 13.7. The molecule has 1 unspecified atom stereocenters. The summed E-state index contributed by atoms with van der Waals surface area (Å²) in [4.78, 5) is 1.46. The molecule has 19 heavy (non-hydrogen) atoms. The maximum absolute atomic E-state index is 6.03. The molecule has 108 valence electrons. The van der Waals surface area contributed by atoms with Gasteiger partial charge in [-0.15, -0.1) is 11.3 Å². The van der Waals surface area contributed by atoms with Gasteiger partial charge in [-0.05, 0) is 56.0 Å². The first kappa shape index (κ1) is 15.0. The van der Waals surface area contributed by atoms with E-state index in [0.717, 1.165) is 18.9 Å². The van der Waals surface area contributed by atoms with E-state index in [0.29, 0.717) is 6.04 Å². The van der Waals surface area contributed by atoms with Crippen LogP contribution in [-0.2, 0) is 11.2 Å². The van der Waals surface area contributed by atoms with Gasteiger partial charge in [-0.1, -0.05) is 19.9 Å². The molecule has 1 N–H and O–H groups in total. The number of nitrogens with one attached hydrogen (secondary N) is 1. The minimum atomic E-state index is 0.0342. The van der Waals surface area contributed by atoms with E-state index in [1.807, 2.05) is 18.4 Å². The number of rotatable bonds is 6. The van der Waals surface area contributed by atoms with E-state index in [2.05, 4.69) is 36.7 Å². The van der Waals surface area contributed by atoms with Crippen molar-refractivity contribution in [2.75, 3.05) is 13.7 Å². The Morgan fingerprint density at radius 2 is 2.21 bits per heavy atom. The van der Waals surface area contributed by atoms with Gasteiger partial charge in [0, 0.05) is 18.0 Å². The number of hydrogen-bond acceptors (Lipinski definition) is 3. The van der Waals surface area contributed by atoms with E-state index in [1.165, 1.54) is 30.6 Å². The smallest absolute Gasteiger partial charge is 0.0834 e. The quantitative estimate of drug-likeness (QED) is 0.855. The third-order valence-electron chi connectivity index (χ3n) is 4.60. The van der Waals surface area contributed by atoms with Gasteiger partial charge in [0.25, 0.3) is 0 Å². The van der Waals surface area contributed by atoms with Crippen LogP contribution in [-0.4, -0.2) is 25.3 Å². The van der Waals surface area contributed by atoms with Gasteiger partial charge in [-0.3, -0.25) is 0 Å². The van der Waals surface area contributed by atoms with E-state index in [4.69, 9.17) is 4.74 Å². The van der Waals surface area contributed by atoms with Crippen molar-refractivity contribution >= 4 is 11.3 Å². The first-order valence-corrected chi connectivity index (χ1v) is 8.39. The molecule has 0 aliphatic heterocycles. The number of hydrogen-bond donors (Lipinski definition) is 1. The molecule has 1 aromatic heterocycles. The van der Waals surface area contributed by atoms with Gasteiger partial charge in [-0.25, -0.2) is 0 Å². The zero-order valence-electron chi connectivity index (χ0n) is 12.4. The molecule has 1 aromatic rings. The molecular weight excluding hydrogens is 254 g/mol. The van der Waals surface area contributed by atoms with Crippen LogP contribution in [0.1, 0.15) is 44.4 Å². The fraction of sp³-hybridized carbons (Fsp3) is 0.750. The normalized spacial score (nSPS) is 29.3. The summed E-state index contributed by atoms with van der Waals surface area (Å²) >= 11 is 1.86. The lowest BCUT2D eigenvalue weighted by Crippen LogP contribution is -2.54. The molecule has 3 heteroatoms. The van der Waals surface area contributed by atoms with Crippen molar-refractivity contribution in [1.82, 2.24) is 5.32 Å². The van der Waals surface area contributed by atoms with Gasteiger partial charge in [0.2, 0.25) is 0 Å². The molecule has 1 atom stereocenters. The second-order valence-corrected chi connectivity index (χ2v) is 6.88. The number of likely N-dealkylation sites (N-methyl/N-ethyl adjacent to an activating group) is 1. The Morgan fingerprint density at radius 1 is 1.47 bits per heavy atom. The van der Waals surface area contributed by atoms with Crippen LogP contribution in [0.25, 0.3) is 0 Å². The highest BCUT2D eigenvalue weighted by atomic mass is 32.1. The molecule has 1 fully saturated rings. The SMILES string of the molecule is CCNC(Cc1cccs1)C1(OC)CCC(C)CC1. The number of ether oxygens (including phenoxy) is 1. The van der Waals surface area contributed by atoms with E-state index in [-0.39, 0.29) is 5.60 Å². The third kappa shape index (κ3) is 3.59. The molecule has 1 aliphatic rings. The summed E-state index contributed by atoms with van der Waals surface area (Å²) in [7, 11) is 1.90. The van der Waals surface area contributed by atoms with Gasteiger partial charge in [0.1, 0.15) is 0 Å². The van der Waals surface area contributed by atoms with Gasteiger partial charge < -0.3 is 10.1 Å². The van der Waals surface area contributed by atoms with Gasteiger partial charge >= 0.3 is 0 Å². The Balaban J connectivity index is 2.10. The van der Waals surface area contributed by atoms with E-state index >= 15 is 0 Å². The van der Waals surface area contributed by atoms with Crippen molar-refractivity contribution in [3.05, 3.63) is 22.4 Å². The van der Waals surface area contributed by atoms with Crippen LogP contribution in [0.15, 0.2) is 17.5 Å². The maximum atomic E-state index is 6.03. The topological polar surface area (TPSA) is 21.3 Å². The molecule has 0 spiro atoms. The molecule has 0 radical (unpaired) electrons. The molecule has 1 aliphatic carbocycles. The lowest BCUT2D eigenvalue weighted by molar-refractivity contribution is -0.0741. The van der Waals surface area contributed by atoms with Crippen LogP contribution < -0.4 is 5.32 Å². The van der Waals surface area contributed by atoms with Crippen LogP contribution in [0.5, 0.6) is 0 Å². The molecule has 0 amide bonds. The predicted molar refractivity (Wildman–Crippen MR) is 82.9 cm³/mol. The largest absolute Gasteiger partial charge is 0.377 e. The maximum Gasteiger partial charge on any atom is 0.0834 e. The van der Waals surface area contributed by atoms with Crippen LogP contribution >= 0.6 is 11.3 Å². The first-order chi connectivity index (χ1) is 9.20. The Hall–Kier alpha value is -0.380. The van der Waals surface area contributed by atoms with Gasteiger partial charge in [-0.2, -0.15) is 0 Å². The molecule has 1 heterocycles. The molecule has 2 rings (SSSR count). The second-order valence-electron chi connectivity index (χ2n) is 5.85. The van der Waals surface area contributed by atoms with Crippen molar-refractivity contribution in [3.63, 3.8) is 0 Å². The number of methoxy groups -OCH3 is 1. The molecule has 0 bridgehead atoms. The van der Waals surface area contributed by atoms with E-state index < -0.39 is 0 Å². The number of thiophene rings is 1.